The van der Waals surface area contributed by atoms with Gasteiger partial charge in [-0.05, 0) is 20.8 Å². The van der Waals surface area contributed by atoms with E-state index in [2.05, 4.69) is 0 Å². The predicted octanol–water partition coefficient (Wildman–Crippen LogP) is 1.75. The Morgan fingerprint density at radius 3 is 1.62 bits per heavy atom. The molecular weight excluding hydrogens is 164 g/mol. The SMILES string of the molecule is CC(C)C(=O)N(N(C)C)C(C)(C)C. The summed E-state index contributed by atoms with van der Waals surface area (Å²) in [5, 5.41) is 3.64. The molecule has 1 amide bonds. The highest BCUT2D eigenvalue weighted by atomic mass is 16.2. The van der Waals surface area contributed by atoms with Crippen LogP contribution < -0.4 is 0 Å². The molecule has 0 radical (unpaired) electrons. The van der Waals surface area contributed by atoms with Gasteiger partial charge in [-0.25, -0.2) is 5.01 Å². The smallest absolute Gasteiger partial charge is 0.239 e. The number of carbonyl (C=O) groups is 1. The number of rotatable bonds is 2. The lowest BCUT2D eigenvalue weighted by Crippen LogP contribution is -2.54. The van der Waals surface area contributed by atoms with Crippen molar-refractivity contribution in [2.45, 2.75) is 40.2 Å². The van der Waals surface area contributed by atoms with Crippen molar-refractivity contribution in [3.05, 3.63) is 0 Å². The maximum Gasteiger partial charge on any atom is 0.239 e. The molecule has 3 nitrogen and oxygen atoms in total. The molecule has 0 spiro atoms. The molecule has 78 valence electrons. The lowest BCUT2D eigenvalue weighted by Gasteiger charge is -2.41. The second kappa shape index (κ2) is 4.09. The van der Waals surface area contributed by atoms with Crippen LogP contribution in [0.5, 0.6) is 0 Å². The van der Waals surface area contributed by atoms with Crippen LogP contribution in [0.3, 0.4) is 0 Å². The summed E-state index contributed by atoms with van der Waals surface area (Å²) < 4.78 is 0. The van der Waals surface area contributed by atoms with Crippen molar-refractivity contribution in [1.82, 2.24) is 10.0 Å². The molecule has 0 saturated carbocycles. The van der Waals surface area contributed by atoms with Gasteiger partial charge in [0.1, 0.15) is 0 Å². The largest absolute Gasteiger partial charge is 0.273 e. The number of hydrazine groups is 1. The molecule has 0 N–H and O–H groups in total. The molecule has 0 unspecified atom stereocenters. The highest BCUT2D eigenvalue weighted by molar-refractivity contribution is 5.78. The highest BCUT2D eigenvalue weighted by Crippen LogP contribution is 2.17. The Kier molecular flexibility index (Phi) is 3.91. The lowest BCUT2D eigenvalue weighted by atomic mass is 10.1. The highest BCUT2D eigenvalue weighted by Gasteiger charge is 2.29. The standard InChI is InChI=1S/C10H22N2O/c1-8(2)9(13)12(11(6)7)10(3,4)5/h8H,1-7H3. The molecule has 0 atom stereocenters. The van der Waals surface area contributed by atoms with Crippen LogP contribution in [-0.4, -0.2) is 35.6 Å². The van der Waals surface area contributed by atoms with Gasteiger partial charge in [0.15, 0.2) is 0 Å². The van der Waals surface area contributed by atoms with E-state index < -0.39 is 0 Å². The van der Waals surface area contributed by atoms with E-state index in [9.17, 15) is 4.79 Å². The summed E-state index contributed by atoms with van der Waals surface area (Å²) >= 11 is 0. The number of nitrogens with zero attached hydrogens (tertiary/aromatic N) is 2. The zero-order valence-electron chi connectivity index (χ0n) is 9.88. The molecule has 0 aliphatic rings. The molecule has 0 aliphatic carbocycles. The van der Waals surface area contributed by atoms with Crippen LogP contribution in [-0.2, 0) is 4.79 Å². The molecule has 0 aromatic rings. The average molecular weight is 186 g/mol. The number of carbonyl (C=O) groups excluding carboxylic acids is 1. The second-order valence-electron chi connectivity index (χ2n) is 4.82. The van der Waals surface area contributed by atoms with E-state index >= 15 is 0 Å². The van der Waals surface area contributed by atoms with Crippen molar-refractivity contribution < 1.29 is 4.79 Å². The van der Waals surface area contributed by atoms with Gasteiger partial charge in [-0.3, -0.25) is 9.80 Å². The van der Waals surface area contributed by atoms with Gasteiger partial charge in [0.2, 0.25) is 5.91 Å². The van der Waals surface area contributed by atoms with Gasteiger partial charge in [-0.2, -0.15) is 0 Å². The lowest BCUT2D eigenvalue weighted by molar-refractivity contribution is -0.159. The minimum atomic E-state index is -0.148. The van der Waals surface area contributed by atoms with E-state index in [-0.39, 0.29) is 17.4 Å². The van der Waals surface area contributed by atoms with Crippen LogP contribution >= 0.6 is 0 Å². The average Bonchev–Trinajstić information content (AvgIpc) is 1.82. The summed E-state index contributed by atoms with van der Waals surface area (Å²) in [7, 11) is 3.79. The minimum absolute atomic E-state index is 0.0432. The van der Waals surface area contributed by atoms with Crippen molar-refractivity contribution >= 4 is 5.91 Å². The monoisotopic (exact) mass is 186 g/mol. The Balaban J connectivity index is 4.73. The van der Waals surface area contributed by atoms with E-state index in [1.165, 1.54) is 0 Å². The van der Waals surface area contributed by atoms with Gasteiger partial charge in [0.05, 0.1) is 5.54 Å². The fourth-order valence-electron chi connectivity index (χ4n) is 1.37. The summed E-state index contributed by atoms with van der Waals surface area (Å²) in [6.07, 6.45) is 0. The third kappa shape index (κ3) is 3.35. The maximum atomic E-state index is 11.8. The first-order chi connectivity index (χ1) is 5.68. The zero-order valence-corrected chi connectivity index (χ0v) is 9.88. The van der Waals surface area contributed by atoms with Crippen molar-refractivity contribution in [2.24, 2.45) is 5.92 Å². The molecule has 0 heterocycles. The Hall–Kier alpha value is -0.570. The van der Waals surface area contributed by atoms with Crippen LogP contribution in [0.2, 0.25) is 0 Å². The van der Waals surface area contributed by atoms with Crippen LogP contribution in [0.25, 0.3) is 0 Å². The molecule has 0 rings (SSSR count). The third-order valence-corrected chi connectivity index (χ3v) is 1.74. The normalized spacial score (nSPS) is 12.4. The van der Waals surface area contributed by atoms with Gasteiger partial charge >= 0.3 is 0 Å². The Labute approximate surface area is 81.7 Å². The molecule has 0 saturated heterocycles. The quantitative estimate of drug-likeness (QED) is 0.613. The van der Waals surface area contributed by atoms with E-state index in [1.54, 1.807) is 5.01 Å². The third-order valence-electron chi connectivity index (χ3n) is 1.74. The second-order valence-corrected chi connectivity index (χ2v) is 4.82. The summed E-state index contributed by atoms with van der Waals surface area (Å²) in [5.74, 6) is 0.208. The molecule has 0 bridgehead atoms. The Morgan fingerprint density at radius 2 is 1.54 bits per heavy atom. The Morgan fingerprint density at radius 1 is 1.15 bits per heavy atom. The molecule has 0 aromatic carbocycles. The molecule has 0 aliphatic heterocycles. The van der Waals surface area contributed by atoms with Gasteiger partial charge in [-0.15, -0.1) is 0 Å². The molecule has 0 fully saturated rings. The summed E-state index contributed by atoms with van der Waals surface area (Å²) in [4.78, 5) is 11.8. The van der Waals surface area contributed by atoms with Gasteiger partial charge in [-0.1, -0.05) is 13.8 Å². The van der Waals surface area contributed by atoms with Crippen molar-refractivity contribution in [1.29, 1.82) is 0 Å². The molecule has 3 heteroatoms. The van der Waals surface area contributed by atoms with Crippen LogP contribution in [0.4, 0.5) is 0 Å². The van der Waals surface area contributed by atoms with Crippen LogP contribution in [0.15, 0.2) is 0 Å². The van der Waals surface area contributed by atoms with E-state index in [4.69, 9.17) is 0 Å². The summed E-state index contributed by atoms with van der Waals surface area (Å²) in [6.45, 7) is 9.95. The maximum absolute atomic E-state index is 11.8. The van der Waals surface area contributed by atoms with E-state index in [0.29, 0.717) is 0 Å². The number of hydrogen-bond donors (Lipinski definition) is 0. The zero-order chi connectivity index (χ0) is 10.8. The number of amides is 1. The Bertz CT molecular complexity index is 180. The topological polar surface area (TPSA) is 23.6 Å². The van der Waals surface area contributed by atoms with Crippen molar-refractivity contribution in [2.75, 3.05) is 14.1 Å². The van der Waals surface area contributed by atoms with Gasteiger partial charge in [0, 0.05) is 20.0 Å². The van der Waals surface area contributed by atoms with Gasteiger partial charge < -0.3 is 0 Å². The number of hydrogen-bond acceptors (Lipinski definition) is 2. The van der Waals surface area contributed by atoms with Gasteiger partial charge in [0.25, 0.3) is 0 Å². The summed E-state index contributed by atoms with van der Waals surface area (Å²) in [5.41, 5.74) is -0.148. The molecule has 13 heavy (non-hydrogen) atoms. The van der Waals surface area contributed by atoms with Crippen LogP contribution in [0, 0.1) is 5.92 Å². The first-order valence-electron chi connectivity index (χ1n) is 4.69. The predicted molar refractivity (Wildman–Crippen MR) is 55.1 cm³/mol. The first kappa shape index (κ1) is 12.4. The van der Waals surface area contributed by atoms with E-state index in [0.717, 1.165) is 0 Å². The van der Waals surface area contributed by atoms with Crippen molar-refractivity contribution in [3.63, 3.8) is 0 Å². The molecule has 0 aromatic heterocycles. The fourth-order valence-corrected chi connectivity index (χ4v) is 1.37. The molecular formula is C10H22N2O. The first-order valence-corrected chi connectivity index (χ1v) is 4.69. The minimum Gasteiger partial charge on any atom is -0.273 e. The van der Waals surface area contributed by atoms with Crippen LogP contribution in [0.1, 0.15) is 34.6 Å². The summed E-state index contributed by atoms with van der Waals surface area (Å²) in [6, 6.07) is 0. The van der Waals surface area contributed by atoms with Crippen molar-refractivity contribution in [3.8, 4) is 0 Å². The van der Waals surface area contributed by atoms with E-state index in [1.807, 2.05) is 53.7 Å². The fraction of sp³-hybridized carbons (Fsp3) is 0.900.